The van der Waals surface area contributed by atoms with Crippen molar-refractivity contribution in [2.24, 2.45) is 12.0 Å². The van der Waals surface area contributed by atoms with Crippen molar-refractivity contribution in [2.75, 3.05) is 32.6 Å². The first-order chi connectivity index (χ1) is 13.2. The van der Waals surface area contributed by atoms with Crippen molar-refractivity contribution >= 4 is 46.8 Å². The van der Waals surface area contributed by atoms with Gasteiger partial charge < -0.3 is 20.7 Å². The van der Waals surface area contributed by atoms with Gasteiger partial charge in [-0.25, -0.2) is 9.97 Å². The first kappa shape index (κ1) is 21.7. The molecule has 2 heterocycles. The molecule has 0 aliphatic carbocycles. The van der Waals surface area contributed by atoms with Crippen molar-refractivity contribution in [3.8, 4) is 5.75 Å². The number of hydrogen-bond donors (Lipinski definition) is 3. The molecule has 0 unspecified atom stereocenters. The molecule has 0 radical (unpaired) electrons. The van der Waals surface area contributed by atoms with E-state index in [-0.39, 0.29) is 24.0 Å². The Morgan fingerprint density at radius 3 is 2.86 bits per heavy atom. The Morgan fingerprint density at radius 1 is 1.21 bits per heavy atom. The third kappa shape index (κ3) is 5.44. The molecule has 0 aliphatic rings. The molecule has 10 heteroatoms. The van der Waals surface area contributed by atoms with Gasteiger partial charge in [0.05, 0.1) is 18.7 Å². The number of guanidine groups is 1. The smallest absolute Gasteiger partial charge is 0.191 e. The summed E-state index contributed by atoms with van der Waals surface area (Å²) < 4.78 is 6.97. The van der Waals surface area contributed by atoms with E-state index in [2.05, 4.69) is 36.0 Å². The Kier molecular flexibility index (Phi) is 8.23. The lowest BCUT2D eigenvalue weighted by Crippen LogP contribution is -2.39. The second kappa shape index (κ2) is 10.6. The number of rotatable bonds is 7. The summed E-state index contributed by atoms with van der Waals surface area (Å²) in [7, 11) is 5.27. The van der Waals surface area contributed by atoms with E-state index < -0.39 is 0 Å². The molecule has 0 bridgehead atoms. The van der Waals surface area contributed by atoms with Gasteiger partial charge in [0.1, 0.15) is 17.9 Å². The van der Waals surface area contributed by atoms with Gasteiger partial charge in [0, 0.05) is 33.7 Å². The van der Waals surface area contributed by atoms with Crippen molar-refractivity contribution in [1.29, 1.82) is 0 Å². The summed E-state index contributed by atoms with van der Waals surface area (Å²) >= 11 is 0. The molecule has 28 heavy (non-hydrogen) atoms. The molecule has 0 fully saturated rings. The number of nitrogens with one attached hydrogen (secondary N) is 3. The summed E-state index contributed by atoms with van der Waals surface area (Å²) in [5.74, 6) is 2.34. The normalized spacial score (nSPS) is 11.0. The quantitative estimate of drug-likeness (QED) is 0.198. The third-order valence-electron chi connectivity index (χ3n) is 4.06. The summed E-state index contributed by atoms with van der Waals surface area (Å²) in [5.41, 5.74) is 1.92. The van der Waals surface area contributed by atoms with E-state index >= 15 is 0 Å². The lowest BCUT2D eigenvalue weighted by molar-refractivity contribution is 0.414. The summed E-state index contributed by atoms with van der Waals surface area (Å²) in [6, 6.07) is 7.93. The van der Waals surface area contributed by atoms with E-state index in [1.54, 1.807) is 25.0 Å². The van der Waals surface area contributed by atoms with Crippen LogP contribution in [0.1, 0.15) is 5.56 Å². The van der Waals surface area contributed by atoms with Gasteiger partial charge in [-0.1, -0.05) is 12.1 Å². The standard InChI is InChI=1S/C18H24N8O.HI/c1-19-18(22-10-13-5-4-6-14(9-13)27-3)21-8-7-20-16-15-11-25-26(2)17(15)24-12-23-16;/h4-6,9,11-12H,7-8,10H2,1-3H3,(H2,19,21,22)(H,20,23,24);1H. The van der Waals surface area contributed by atoms with Crippen molar-refractivity contribution in [3.05, 3.63) is 42.4 Å². The van der Waals surface area contributed by atoms with Crippen molar-refractivity contribution in [3.63, 3.8) is 0 Å². The number of benzene rings is 1. The summed E-state index contributed by atoms with van der Waals surface area (Å²) in [4.78, 5) is 12.8. The lowest BCUT2D eigenvalue weighted by atomic mass is 10.2. The molecule has 3 aromatic rings. The first-order valence-electron chi connectivity index (χ1n) is 8.65. The van der Waals surface area contributed by atoms with Crippen molar-refractivity contribution in [2.45, 2.75) is 6.54 Å². The predicted octanol–water partition coefficient (Wildman–Crippen LogP) is 1.77. The average molecular weight is 496 g/mol. The zero-order chi connectivity index (χ0) is 19.1. The average Bonchev–Trinajstić information content (AvgIpc) is 3.09. The van der Waals surface area contributed by atoms with Crippen LogP contribution in [0.4, 0.5) is 5.82 Å². The minimum Gasteiger partial charge on any atom is -0.497 e. The molecule has 1 aromatic carbocycles. The van der Waals surface area contributed by atoms with Crippen LogP contribution in [0, 0.1) is 0 Å². The molecule has 3 rings (SSSR count). The van der Waals surface area contributed by atoms with E-state index in [0.717, 1.165) is 34.1 Å². The van der Waals surface area contributed by atoms with E-state index in [9.17, 15) is 0 Å². The van der Waals surface area contributed by atoms with Gasteiger partial charge in [0.25, 0.3) is 0 Å². The molecule has 0 atom stereocenters. The van der Waals surface area contributed by atoms with Gasteiger partial charge in [0.2, 0.25) is 0 Å². The van der Waals surface area contributed by atoms with Gasteiger partial charge in [-0.05, 0) is 17.7 Å². The maximum Gasteiger partial charge on any atom is 0.191 e. The Hall–Kier alpha value is -2.63. The fraction of sp³-hybridized carbons (Fsp3) is 0.333. The molecule has 2 aromatic heterocycles. The fourth-order valence-electron chi connectivity index (χ4n) is 2.65. The number of ether oxygens (including phenoxy) is 1. The molecule has 0 aliphatic heterocycles. The third-order valence-corrected chi connectivity index (χ3v) is 4.06. The molecular formula is C18H25IN8O. The van der Waals surface area contributed by atoms with E-state index in [1.807, 2.05) is 31.3 Å². The number of aromatic nitrogens is 4. The maximum atomic E-state index is 5.24. The number of nitrogens with zero attached hydrogens (tertiary/aromatic N) is 5. The van der Waals surface area contributed by atoms with Gasteiger partial charge in [-0.3, -0.25) is 9.67 Å². The molecule has 150 valence electrons. The Balaban J connectivity index is 0.00000280. The Labute approximate surface area is 181 Å². The SMILES string of the molecule is CN=C(NCCNc1ncnc2c1cnn2C)NCc1cccc(OC)c1.I. The molecule has 0 saturated carbocycles. The number of anilines is 1. The lowest BCUT2D eigenvalue weighted by Gasteiger charge is -2.13. The number of methoxy groups -OCH3 is 1. The van der Waals surface area contributed by atoms with E-state index in [0.29, 0.717) is 19.6 Å². The molecule has 0 spiro atoms. The Morgan fingerprint density at radius 2 is 2.07 bits per heavy atom. The number of hydrogen-bond acceptors (Lipinski definition) is 6. The minimum absolute atomic E-state index is 0. The molecular weight excluding hydrogens is 471 g/mol. The molecule has 9 nitrogen and oxygen atoms in total. The van der Waals surface area contributed by atoms with Crippen LogP contribution in [0.2, 0.25) is 0 Å². The fourth-order valence-corrected chi connectivity index (χ4v) is 2.65. The van der Waals surface area contributed by atoms with Crippen LogP contribution in [-0.4, -0.2) is 53.0 Å². The number of fused-ring (bicyclic) bond motifs is 1. The highest BCUT2D eigenvalue weighted by molar-refractivity contribution is 14.0. The predicted molar refractivity (Wildman–Crippen MR) is 121 cm³/mol. The zero-order valence-electron chi connectivity index (χ0n) is 16.1. The van der Waals surface area contributed by atoms with Crippen LogP contribution in [0.15, 0.2) is 41.8 Å². The molecule has 0 amide bonds. The highest BCUT2D eigenvalue weighted by Gasteiger charge is 2.07. The van der Waals surface area contributed by atoms with Crippen LogP contribution in [0.25, 0.3) is 11.0 Å². The highest BCUT2D eigenvalue weighted by Crippen LogP contribution is 2.17. The highest BCUT2D eigenvalue weighted by atomic mass is 127. The number of halogens is 1. The summed E-state index contributed by atoms with van der Waals surface area (Å²) in [6.07, 6.45) is 3.30. The van der Waals surface area contributed by atoms with Crippen LogP contribution >= 0.6 is 24.0 Å². The van der Waals surface area contributed by atoms with E-state index in [4.69, 9.17) is 4.74 Å². The largest absolute Gasteiger partial charge is 0.497 e. The van der Waals surface area contributed by atoms with E-state index in [1.165, 1.54) is 6.33 Å². The van der Waals surface area contributed by atoms with Gasteiger partial charge >= 0.3 is 0 Å². The van der Waals surface area contributed by atoms with Gasteiger partial charge in [-0.15, -0.1) is 24.0 Å². The number of aryl methyl sites for hydroxylation is 1. The molecule has 3 N–H and O–H groups in total. The summed E-state index contributed by atoms with van der Waals surface area (Å²) in [6.45, 7) is 2.02. The van der Waals surface area contributed by atoms with Gasteiger partial charge in [-0.2, -0.15) is 5.10 Å². The first-order valence-corrected chi connectivity index (χ1v) is 8.65. The topological polar surface area (TPSA) is 101 Å². The van der Waals surface area contributed by atoms with Gasteiger partial charge in [0.15, 0.2) is 11.6 Å². The van der Waals surface area contributed by atoms with Crippen LogP contribution in [0.3, 0.4) is 0 Å². The summed E-state index contributed by atoms with van der Waals surface area (Å²) in [5, 5.41) is 15.0. The van der Waals surface area contributed by atoms with Crippen molar-refractivity contribution < 1.29 is 4.74 Å². The van der Waals surface area contributed by atoms with Crippen LogP contribution < -0.4 is 20.7 Å². The second-order valence-corrected chi connectivity index (χ2v) is 5.86. The Bertz CT molecular complexity index is 927. The van der Waals surface area contributed by atoms with Crippen LogP contribution in [-0.2, 0) is 13.6 Å². The van der Waals surface area contributed by atoms with Crippen LogP contribution in [0.5, 0.6) is 5.75 Å². The molecule has 0 saturated heterocycles. The van der Waals surface area contributed by atoms with Crippen molar-refractivity contribution in [1.82, 2.24) is 30.4 Å². The number of aliphatic imine (C=N–C) groups is 1. The monoisotopic (exact) mass is 496 g/mol. The second-order valence-electron chi connectivity index (χ2n) is 5.86. The maximum absolute atomic E-state index is 5.24. The minimum atomic E-state index is 0. The zero-order valence-corrected chi connectivity index (χ0v) is 18.5.